The molecule has 9 heteroatoms. The first-order valence-electron chi connectivity index (χ1n) is 7.81. The lowest BCUT2D eigenvalue weighted by Crippen LogP contribution is -2.32. The molecule has 0 spiro atoms. The molecule has 1 aliphatic carbocycles. The van der Waals surface area contributed by atoms with E-state index in [1.165, 1.54) is 11.0 Å². The Morgan fingerprint density at radius 1 is 1.28 bits per heavy atom. The van der Waals surface area contributed by atoms with E-state index in [1.807, 2.05) is 0 Å². The molecule has 2 amide bonds. The van der Waals surface area contributed by atoms with Crippen molar-refractivity contribution in [2.24, 2.45) is 22.4 Å². The highest BCUT2D eigenvalue weighted by Gasteiger charge is 2.42. The van der Waals surface area contributed by atoms with Gasteiger partial charge in [-0.25, -0.2) is 0 Å². The van der Waals surface area contributed by atoms with Gasteiger partial charge in [0.05, 0.1) is 18.0 Å². The van der Waals surface area contributed by atoms with E-state index < -0.39 is 29.6 Å². The molecule has 1 fully saturated rings. The number of amides is 2. The molecule has 1 aromatic carbocycles. The van der Waals surface area contributed by atoms with Crippen LogP contribution < -0.4 is 11.5 Å². The highest BCUT2D eigenvalue weighted by Crippen LogP contribution is 2.42. The van der Waals surface area contributed by atoms with Gasteiger partial charge in [-0.2, -0.15) is 18.2 Å². The van der Waals surface area contributed by atoms with E-state index in [-0.39, 0.29) is 23.5 Å². The zero-order valence-electron chi connectivity index (χ0n) is 13.2. The first-order chi connectivity index (χ1) is 11.7. The molecule has 6 nitrogen and oxygen atoms in total. The van der Waals surface area contributed by atoms with Crippen LogP contribution in [-0.2, 0) is 11.0 Å². The Labute approximate surface area is 141 Å². The monoisotopic (exact) mass is 354 g/mol. The summed E-state index contributed by atoms with van der Waals surface area (Å²) in [5, 5.41) is 0. The molecule has 1 unspecified atom stereocenters. The molecular weight excluding hydrogens is 337 g/mol. The lowest BCUT2D eigenvalue weighted by Gasteiger charge is -2.24. The SMILES string of the molecule is NC(N)=NC(=O)CC1c2cc(C(F)(F)F)ccc2C(=O)N1CC1CC1. The summed E-state index contributed by atoms with van der Waals surface area (Å²) in [6, 6.07) is 2.20. The topological polar surface area (TPSA) is 102 Å². The van der Waals surface area contributed by atoms with Gasteiger partial charge in [-0.3, -0.25) is 9.59 Å². The first kappa shape index (κ1) is 17.2. The Morgan fingerprint density at radius 3 is 2.52 bits per heavy atom. The molecule has 0 bridgehead atoms. The molecule has 1 saturated carbocycles. The molecule has 4 N–H and O–H groups in total. The average molecular weight is 354 g/mol. The smallest absolute Gasteiger partial charge is 0.370 e. The normalized spacial score (nSPS) is 19.7. The highest BCUT2D eigenvalue weighted by molar-refractivity contribution is 6.00. The molecule has 3 rings (SSSR count). The van der Waals surface area contributed by atoms with Crippen molar-refractivity contribution in [1.82, 2.24) is 4.90 Å². The number of alkyl halides is 3. The number of guanidine groups is 1. The number of fused-ring (bicyclic) bond motifs is 1. The van der Waals surface area contributed by atoms with Crippen molar-refractivity contribution in [2.45, 2.75) is 31.5 Å². The minimum Gasteiger partial charge on any atom is -0.370 e. The second-order valence-electron chi connectivity index (χ2n) is 6.35. The summed E-state index contributed by atoms with van der Waals surface area (Å²) < 4.78 is 39.0. The van der Waals surface area contributed by atoms with Crippen LogP contribution in [0.5, 0.6) is 0 Å². The van der Waals surface area contributed by atoms with Crippen LogP contribution in [0.4, 0.5) is 13.2 Å². The van der Waals surface area contributed by atoms with Crippen molar-refractivity contribution >= 4 is 17.8 Å². The van der Waals surface area contributed by atoms with E-state index in [0.717, 1.165) is 25.0 Å². The second-order valence-corrected chi connectivity index (χ2v) is 6.35. The zero-order chi connectivity index (χ0) is 18.4. The predicted molar refractivity (Wildman–Crippen MR) is 83.4 cm³/mol. The van der Waals surface area contributed by atoms with Gasteiger partial charge in [0, 0.05) is 12.1 Å². The van der Waals surface area contributed by atoms with Crippen LogP contribution in [0, 0.1) is 5.92 Å². The number of nitrogens with zero attached hydrogens (tertiary/aromatic N) is 2. The van der Waals surface area contributed by atoms with Gasteiger partial charge in [-0.1, -0.05) is 0 Å². The fourth-order valence-electron chi connectivity index (χ4n) is 3.04. The van der Waals surface area contributed by atoms with Crippen molar-refractivity contribution in [3.05, 3.63) is 34.9 Å². The van der Waals surface area contributed by atoms with Gasteiger partial charge in [-0.05, 0) is 42.5 Å². The van der Waals surface area contributed by atoms with Crippen LogP contribution in [-0.4, -0.2) is 29.2 Å². The van der Waals surface area contributed by atoms with E-state index in [9.17, 15) is 22.8 Å². The van der Waals surface area contributed by atoms with Gasteiger partial charge in [-0.15, -0.1) is 0 Å². The average Bonchev–Trinajstić information content (AvgIpc) is 3.28. The maximum absolute atomic E-state index is 13.0. The van der Waals surface area contributed by atoms with E-state index in [2.05, 4.69) is 4.99 Å². The molecule has 0 aromatic heterocycles. The lowest BCUT2D eigenvalue weighted by molar-refractivity contribution is -0.137. The van der Waals surface area contributed by atoms with Crippen molar-refractivity contribution in [3.63, 3.8) is 0 Å². The van der Waals surface area contributed by atoms with Crippen molar-refractivity contribution in [2.75, 3.05) is 6.54 Å². The number of carbonyl (C=O) groups is 2. The van der Waals surface area contributed by atoms with E-state index in [4.69, 9.17) is 11.5 Å². The van der Waals surface area contributed by atoms with Gasteiger partial charge >= 0.3 is 6.18 Å². The van der Waals surface area contributed by atoms with Crippen molar-refractivity contribution < 1.29 is 22.8 Å². The standard InChI is InChI=1S/C16H17F3N4O2/c17-16(18,19)9-3-4-10-11(5-9)12(6-13(24)22-15(20)21)23(14(10)25)7-8-1-2-8/h3-5,8,12H,1-2,6-7H2,(H4,20,21,22,24). The molecule has 1 aromatic rings. The van der Waals surface area contributed by atoms with Crippen LogP contribution in [0.15, 0.2) is 23.2 Å². The summed E-state index contributed by atoms with van der Waals surface area (Å²) in [5.41, 5.74) is 9.88. The van der Waals surface area contributed by atoms with E-state index in [1.54, 1.807) is 0 Å². The summed E-state index contributed by atoms with van der Waals surface area (Å²) in [5.74, 6) is -1.14. The summed E-state index contributed by atoms with van der Waals surface area (Å²) in [6.07, 6.45) is -2.87. The molecule has 0 saturated heterocycles. The molecule has 1 heterocycles. The highest BCUT2D eigenvalue weighted by atomic mass is 19.4. The summed E-state index contributed by atoms with van der Waals surface area (Å²) >= 11 is 0. The zero-order valence-corrected chi connectivity index (χ0v) is 13.2. The molecule has 0 radical (unpaired) electrons. The van der Waals surface area contributed by atoms with Gasteiger partial charge in [0.1, 0.15) is 0 Å². The summed E-state index contributed by atoms with van der Waals surface area (Å²) in [4.78, 5) is 29.4. The minimum atomic E-state index is -4.53. The number of rotatable bonds is 4. The maximum Gasteiger partial charge on any atom is 0.416 e. The van der Waals surface area contributed by atoms with Gasteiger partial charge in [0.25, 0.3) is 11.8 Å². The van der Waals surface area contributed by atoms with Crippen LogP contribution in [0.1, 0.15) is 46.8 Å². The number of aliphatic imine (C=N–C) groups is 1. The maximum atomic E-state index is 13.0. The summed E-state index contributed by atoms with van der Waals surface area (Å²) in [6.45, 7) is 0.411. The fraction of sp³-hybridized carbons (Fsp3) is 0.438. The van der Waals surface area contributed by atoms with Crippen LogP contribution >= 0.6 is 0 Å². The Kier molecular flexibility index (Phi) is 4.18. The van der Waals surface area contributed by atoms with Crippen LogP contribution in [0.3, 0.4) is 0 Å². The van der Waals surface area contributed by atoms with Crippen LogP contribution in [0.2, 0.25) is 0 Å². The van der Waals surface area contributed by atoms with E-state index in [0.29, 0.717) is 12.5 Å². The number of hydrogen-bond donors (Lipinski definition) is 2. The number of halogens is 3. The van der Waals surface area contributed by atoms with Crippen LogP contribution in [0.25, 0.3) is 0 Å². The first-order valence-corrected chi connectivity index (χ1v) is 7.81. The molecule has 2 aliphatic rings. The minimum absolute atomic E-state index is 0.191. The Bertz CT molecular complexity index is 752. The molecule has 134 valence electrons. The quantitative estimate of drug-likeness (QED) is 0.636. The van der Waals surface area contributed by atoms with Gasteiger partial charge in [0.2, 0.25) is 0 Å². The molecule has 1 atom stereocenters. The molecule has 1 aliphatic heterocycles. The largest absolute Gasteiger partial charge is 0.416 e. The Morgan fingerprint density at radius 2 is 1.96 bits per heavy atom. The molecule has 25 heavy (non-hydrogen) atoms. The Balaban J connectivity index is 1.97. The lowest BCUT2D eigenvalue weighted by atomic mass is 9.99. The third-order valence-corrected chi connectivity index (χ3v) is 4.38. The van der Waals surface area contributed by atoms with Gasteiger partial charge in [0.15, 0.2) is 5.96 Å². The van der Waals surface area contributed by atoms with Gasteiger partial charge < -0.3 is 16.4 Å². The predicted octanol–water partition coefficient (Wildman–Crippen LogP) is 1.80. The fourth-order valence-corrected chi connectivity index (χ4v) is 3.04. The third-order valence-electron chi connectivity index (χ3n) is 4.38. The number of benzene rings is 1. The number of carbonyl (C=O) groups excluding carboxylic acids is 2. The third kappa shape index (κ3) is 3.59. The van der Waals surface area contributed by atoms with Crippen molar-refractivity contribution in [1.29, 1.82) is 0 Å². The number of nitrogens with two attached hydrogens (primary N) is 2. The van der Waals surface area contributed by atoms with Crippen molar-refractivity contribution in [3.8, 4) is 0 Å². The molecular formula is C16H17F3N4O2. The Hall–Kier alpha value is -2.58. The number of hydrogen-bond acceptors (Lipinski definition) is 2. The summed E-state index contributed by atoms with van der Waals surface area (Å²) in [7, 11) is 0. The second kappa shape index (κ2) is 6.05. The van der Waals surface area contributed by atoms with E-state index >= 15 is 0 Å².